The van der Waals surface area contributed by atoms with Crippen molar-refractivity contribution in [1.82, 2.24) is 19.1 Å². The molecule has 40 heavy (non-hydrogen) atoms. The molecule has 10 N–H and O–H groups in total. The highest BCUT2D eigenvalue weighted by Gasteiger charge is 2.52. The van der Waals surface area contributed by atoms with Gasteiger partial charge in [-0.3, -0.25) is 9.59 Å². The van der Waals surface area contributed by atoms with E-state index in [4.69, 9.17) is 42.1 Å². The molecule has 21 heteroatoms. The number of nitrogens with two attached hydrogens (primary N) is 2. The second-order valence-corrected chi connectivity index (χ2v) is 9.00. The number of aromatic nitrogens is 4. The number of nitrogen functional groups attached to an aromatic ring is 2. The van der Waals surface area contributed by atoms with Crippen LogP contribution in [-0.2, 0) is 0 Å². The van der Waals surface area contributed by atoms with E-state index in [9.17, 15) is 36.7 Å². The van der Waals surface area contributed by atoms with Crippen LogP contribution < -0.4 is 22.8 Å². The molecule has 4 atom stereocenters. The molecule has 0 aliphatic carbocycles. The summed E-state index contributed by atoms with van der Waals surface area (Å²) in [5.41, 5.74) is 7.97. The fourth-order valence-corrected chi connectivity index (χ4v) is 2.95. The van der Waals surface area contributed by atoms with E-state index in [1.165, 1.54) is 6.92 Å². The van der Waals surface area contributed by atoms with Crippen LogP contribution in [0.1, 0.15) is 15.2 Å². The average molecular weight is 698 g/mol. The number of carbonyl (C=O) groups excluding carboxylic acids is 2. The lowest BCUT2D eigenvalue weighted by molar-refractivity contribution is -0.136. The van der Waals surface area contributed by atoms with Crippen molar-refractivity contribution in [3.63, 3.8) is 0 Å². The Bertz CT molecular complexity index is 1260. The summed E-state index contributed by atoms with van der Waals surface area (Å²) in [5.74, 6) is -13.6. The summed E-state index contributed by atoms with van der Waals surface area (Å²) in [4.78, 5) is 52.2. The molecule has 0 amide bonds. The summed E-state index contributed by atoms with van der Waals surface area (Å²) in [5, 5.41) is 53.2. The van der Waals surface area contributed by atoms with Crippen LogP contribution in [0.3, 0.4) is 0 Å². The average Bonchev–Trinajstić information content (AvgIpc) is 2.90. The summed E-state index contributed by atoms with van der Waals surface area (Å²) in [6.45, 7) is -1.03. The third kappa shape index (κ3) is 7.55. The lowest BCUT2D eigenvalue weighted by atomic mass is 10.1. The Morgan fingerprint density at radius 3 is 1.57 bits per heavy atom. The Labute approximate surface area is 233 Å². The van der Waals surface area contributed by atoms with Gasteiger partial charge in [-0.1, -0.05) is 0 Å². The fourth-order valence-electron chi connectivity index (χ4n) is 2.55. The Hall–Kier alpha value is -3.09. The van der Waals surface area contributed by atoms with Gasteiger partial charge in [0.25, 0.3) is 0 Å². The van der Waals surface area contributed by atoms with Gasteiger partial charge in [0, 0.05) is 18.0 Å². The molecule has 2 heterocycles. The maximum Gasteiger partial charge on any atom is 0.356 e. The predicted molar refractivity (Wildman–Crippen MR) is 133 cm³/mol. The molecule has 0 saturated carbocycles. The van der Waals surface area contributed by atoms with Gasteiger partial charge in [0.1, 0.15) is 23.8 Å². The maximum atomic E-state index is 13.7. The number of anilines is 2. The van der Waals surface area contributed by atoms with Gasteiger partial charge in [-0.2, -0.15) is 27.5 Å². The van der Waals surface area contributed by atoms with Gasteiger partial charge in [-0.25, -0.2) is 18.7 Å². The first-order valence-corrected chi connectivity index (χ1v) is 11.5. The van der Waals surface area contributed by atoms with Crippen LogP contribution in [0.5, 0.6) is 0 Å². The third-order valence-corrected chi connectivity index (χ3v) is 5.74. The van der Waals surface area contributed by atoms with Crippen LogP contribution in [-0.4, -0.2) is 111 Å². The van der Waals surface area contributed by atoms with Gasteiger partial charge >= 0.3 is 35.0 Å². The van der Waals surface area contributed by atoms with E-state index in [1.54, 1.807) is 22.6 Å². The van der Waals surface area contributed by atoms with Crippen LogP contribution in [0, 0.1) is 10.5 Å². The van der Waals surface area contributed by atoms with E-state index in [0.717, 1.165) is 12.4 Å². The zero-order chi connectivity index (χ0) is 31.3. The van der Waals surface area contributed by atoms with Crippen LogP contribution in [0.4, 0.5) is 29.2 Å². The van der Waals surface area contributed by atoms with Crippen LogP contribution in [0.25, 0.3) is 0 Å². The molecule has 0 radical (unpaired) electrons. The number of rotatable bonds is 8. The molecule has 0 spiro atoms. The molecule has 0 aliphatic heterocycles. The topological polar surface area (TPSA) is 277 Å². The second kappa shape index (κ2) is 13.5. The van der Waals surface area contributed by atoms with E-state index >= 15 is 0 Å². The van der Waals surface area contributed by atoms with Crippen molar-refractivity contribution in [3.8, 4) is 0 Å². The van der Waals surface area contributed by atoms with E-state index in [0.29, 0.717) is 0 Å². The molecule has 2 rings (SSSR count). The zero-order valence-corrected chi connectivity index (χ0v) is 22.2. The van der Waals surface area contributed by atoms with Crippen molar-refractivity contribution >= 4 is 46.0 Å². The first-order chi connectivity index (χ1) is 18.2. The summed E-state index contributed by atoms with van der Waals surface area (Å²) >= 11 is 1.57. The van der Waals surface area contributed by atoms with Gasteiger partial charge in [-0.15, -0.1) is 0 Å². The van der Waals surface area contributed by atoms with Crippen molar-refractivity contribution in [3.05, 3.63) is 42.5 Å². The Morgan fingerprint density at radius 2 is 1.20 bits per heavy atom. The molecule has 0 bridgehead atoms. The molecule has 0 unspecified atom stereocenters. The number of aliphatic hydroxyl groups is 6. The molecule has 224 valence electrons. The maximum absolute atomic E-state index is 13.7. The Kier molecular flexibility index (Phi) is 11.8. The van der Waals surface area contributed by atoms with Gasteiger partial charge in [-0.05, 0) is 29.5 Å². The standard InChI is InChI=1S/C10H13F2N3O5.C9H10F2IN3O5/c1-4-2-15(9(20)14-7(4)13)8(19)10(11,12)6(18)5(17)3-16;10-9(11,5(18)4(17)2-16)7(19)15-1-3(12)6(13)14-8(15)20/h2,5-6,16-18H,3H2,1H3,(H2,13,14,20);1,4-5,16-18H,2H2,(H2,13,14,20)/t5-,6-;4-,5-/m11/s1. The number of alkyl halides is 4. The van der Waals surface area contributed by atoms with Crippen molar-refractivity contribution in [1.29, 1.82) is 0 Å². The highest BCUT2D eigenvalue weighted by Crippen LogP contribution is 2.24. The minimum absolute atomic E-state index is 0.0149. The molecular formula is C19H23F4IN6O10. The monoisotopic (exact) mass is 698 g/mol. The summed E-state index contributed by atoms with van der Waals surface area (Å²) in [6.07, 6.45) is -8.75. The Morgan fingerprint density at radius 1 is 0.850 bits per heavy atom. The van der Waals surface area contributed by atoms with Crippen molar-refractivity contribution < 1.29 is 57.8 Å². The molecule has 2 aromatic rings. The van der Waals surface area contributed by atoms with Crippen molar-refractivity contribution in [2.75, 3.05) is 24.7 Å². The number of aliphatic hydroxyl groups excluding tert-OH is 6. The van der Waals surface area contributed by atoms with Crippen molar-refractivity contribution in [2.24, 2.45) is 0 Å². The minimum atomic E-state index is -4.49. The van der Waals surface area contributed by atoms with Crippen LogP contribution in [0.15, 0.2) is 22.0 Å². The van der Waals surface area contributed by atoms with E-state index in [1.807, 2.05) is 0 Å². The Balaban J connectivity index is 0.000000400. The van der Waals surface area contributed by atoms with Gasteiger partial charge < -0.3 is 42.1 Å². The number of nitrogens with zero attached hydrogens (tertiary/aromatic N) is 4. The summed E-state index contributed by atoms with van der Waals surface area (Å²) in [7, 11) is 0. The van der Waals surface area contributed by atoms with E-state index < -0.39 is 72.7 Å². The number of hydrogen-bond donors (Lipinski definition) is 8. The number of aryl methyl sites for hydroxylation is 1. The molecule has 0 fully saturated rings. The SMILES string of the molecule is Cc1cn(C(=O)C(F)(F)[C@H](O)[C@H](O)CO)c(=O)nc1N.Nc1nc(=O)n(C(=O)C(F)(F)[C@H](O)[C@H](O)CO)cc1I. The highest BCUT2D eigenvalue weighted by molar-refractivity contribution is 14.1. The first-order valence-electron chi connectivity index (χ1n) is 10.4. The summed E-state index contributed by atoms with van der Waals surface area (Å²) in [6, 6.07) is 0. The fraction of sp³-hybridized carbons (Fsp3) is 0.474. The largest absolute Gasteiger partial charge is 0.394 e. The zero-order valence-electron chi connectivity index (χ0n) is 20.0. The van der Waals surface area contributed by atoms with Gasteiger partial charge in [0.2, 0.25) is 0 Å². The molecule has 0 aromatic carbocycles. The van der Waals surface area contributed by atoms with Gasteiger partial charge in [0.05, 0.1) is 16.8 Å². The molecule has 16 nitrogen and oxygen atoms in total. The smallest absolute Gasteiger partial charge is 0.356 e. The predicted octanol–water partition coefficient (Wildman–Crippen LogP) is -3.46. The number of hydrogen-bond acceptors (Lipinski definition) is 14. The molecular weight excluding hydrogens is 675 g/mol. The van der Waals surface area contributed by atoms with Crippen LogP contribution in [0.2, 0.25) is 0 Å². The lowest BCUT2D eigenvalue weighted by Crippen LogP contribution is -2.53. The van der Waals surface area contributed by atoms with E-state index in [2.05, 4.69) is 9.97 Å². The first kappa shape index (κ1) is 34.9. The number of halogens is 5. The van der Waals surface area contributed by atoms with E-state index in [-0.39, 0.29) is 29.9 Å². The van der Waals surface area contributed by atoms with Crippen molar-refractivity contribution in [2.45, 2.75) is 43.2 Å². The number of carbonyl (C=O) groups is 2. The minimum Gasteiger partial charge on any atom is -0.394 e. The molecule has 0 aliphatic rings. The molecule has 0 saturated heterocycles. The lowest BCUT2D eigenvalue weighted by Gasteiger charge is -2.24. The normalized spacial score (nSPS) is 14.9. The molecule has 2 aromatic heterocycles. The summed E-state index contributed by atoms with van der Waals surface area (Å²) < 4.78 is 54.7. The van der Waals surface area contributed by atoms with Gasteiger partial charge in [0.15, 0.2) is 12.2 Å². The van der Waals surface area contributed by atoms with Crippen LogP contribution >= 0.6 is 22.6 Å². The quantitative estimate of drug-likeness (QED) is 0.0984. The second-order valence-electron chi connectivity index (χ2n) is 7.83. The highest BCUT2D eigenvalue weighted by atomic mass is 127. The third-order valence-electron chi connectivity index (χ3n) is 4.91.